The van der Waals surface area contributed by atoms with Crippen molar-refractivity contribution in [3.8, 4) is 0 Å². The normalized spacial score (nSPS) is 32.0. The molecule has 0 unspecified atom stereocenters. The fraction of sp³-hybridized carbons (Fsp3) is 0.545. The highest BCUT2D eigenvalue weighted by molar-refractivity contribution is 6.07. The van der Waals surface area contributed by atoms with Crippen LogP contribution in [0.4, 0.5) is 5.69 Å². The summed E-state index contributed by atoms with van der Waals surface area (Å²) in [6.45, 7) is 3.93. The van der Waals surface area contributed by atoms with Crippen LogP contribution >= 0.6 is 0 Å². The van der Waals surface area contributed by atoms with Crippen LogP contribution in [-0.4, -0.2) is 50.1 Å². The molecule has 6 nitrogen and oxygen atoms in total. The van der Waals surface area contributed by atoms with E-state index in [-0.39, 0.29) is 23.8 Å². The highest BCUT2D eigenvalue weighted by Crippen LogP contribution is 2.53. The summed E-state index contributed by atoms with van der Waals surface area (Å²) in [4.78, 5) is 28.1. The van der Waals surface area contributed by atoms with Crippen LogP contribution in [0.15, 0.2) is 36.1 Å². The minimum Gasteiger partial charge on any atom is -0.504 e. The molecule has 150 valence electrons. The van der Waals surface area contributed by atoms with Gasteiger partial charge in [-0.1, -0.05) is 31.5 Å². The third-order valence-corrected chi connectivity index (χ3v) is 6.97. The van der Waals surface area contributed by atoms with Crippen molar-refractivity contribution in [3.63, 3.8) is 0 Å². The van der Waals surface area contributed by atoms with Gasteiger partial charge in [0.15, 0.2) is 0 Å². The summed E-state index contributed by atoms with van der Waals surface area (Å²) in [6, 6.07) is 8.07. The van der Waals surface area contributed by atoms with Gasteiger partial charge in [0.2, 0.25) is 5.91 Å². The standard InChI is InChI=1S/C22H28N2O4/c1-4-14-12-24-10-9-22(17-7-5-6-8-18(17)23-21(22)26)19(24)11-15(14)16(13-27-2)20(25)28-3/h5-8,13-15,19H,4,9-12H2,1-3H3,(H,23,26)/b16-13-/t14-,15-,19-,22-/m0/s1. The number of amides is 1. The molecule has 1 N–H and O–H groups in total. The van der Waals surface area contributed by atoms with Crippen LogP contribution in [0.5, 0.6) is 0 Å². The Morgan fingerprint density at radius 2 is 2.14 bits per heavy atom. The molecular formula is C22H28N2O4. The SMILES string of the molecule is CC[C@H]1CN2CC[C@@]3(C(=O)Nc4ccccc43)[C@@H]2C[C@@H]1/C(=C/OC)C(=O)OC. The smallest absolute Gasteiger partial charge is 0.337 e. The van der Waals surface area contributed by atoms with E-state index in [1.54, 1.807) is 7.11 Å². The molecule has 1 amide bonds. The number of benzene rings is 1. The minimum atomic E-state index is -0.540. The molecule has 0 saturated carbocycles. The Morgan fingerprint density at radius 3 is 2.86 bits per heavy atom. The third kappa shape index (κ3) is 2.65. The number of hydrogen-bond acceptors (Lipinski definition) is 5. The number of anilines is 1. The first-order valence-electron chi connectivity index (χ1n) is 10.0. The van der Waals surface area contributed by atoms with Crippen molar-refractivity contribution >= 4 is 17.6 Å². The summed E-state index contributed by atoms with van der Waals surface area (Å²) >= 11 is 0. The van der Waals surface area contributed by atoms with E-state index in [0.29, 0.717) is 11.5 Å². The van der Waals surface area contributed by atoms with Gasteiger partial charge in [-0.3, -0.25) is 9.69 Å². The molecule has 2 saturated heterocycles. The van der Waals surface area contributed by atoms with Gasteiger partial charge in [0, 0.05) is 18.3 Å². The molecular weight excluding hydrogens is 356 g/mol. The lowest BCUT2D eigenvalue weighted by atomic mass is 9.67. The average Bonchev–Trinajstić information content (AvgIpc) is 3.23. The van der Waals surface area contributed by atoms with Crippen molar-refractivity contribution in [2.24, 2.45) is 11.8 Å². The molecule has 1 aromatic carbocycles. The predicted molar refractivity (Wildman–Crippen MR) is 106 cm³/mol. The maximum Gasteiger partial charge on any atom is 0.337 e. The maximum atomic E-state index is 13.2. The number of fused-ring (bicyclic) bond motifs is 4. The van der Waals surface area contributed by atoms with Crippen molar-refractivity contribution in [2.45, 2.75) is 37.6 Å². The van der Waals surface area contributed by atoms with Gasteiger partial charge in [-0.25, -0.2) is 4.79 Å². The van der Waals surface area contributed by atoms with Crippen LogP contribution in [0.25, 0.3) is 0 Å². The first kappa shape index (κ1) is 19.0. The van der Waals surface area contributed by atoms with E-state index in [4.69, 9.17) is 9.47 Å². The third-order valence-electron chi connectivity index (χ3n) is 6.97. The molecule has 1 spiro atoms. The Kier molecular flexibility index (Phi) is 4.91. The van der Waals surface area contributed by atoms with Crippen LogP contribution in [0, 0.1) is 11.8 Å². The number of rotatable bonds is 4. The van der Waals surface area contributed by atoms with Crippen LogP contribution in [0.3, 0.4) is 0 Å². The number of piperidine rings is 1. The summed E-state index contributed by atoms with van der Waals surface area (Å²) in [7, 11) is 2.95. The Bertz CT molecular complexity index is 821. The van der Waals surface area contributed by atoms with E-state index in [9.17, 15) is 9.59 Å². The van der Waals surface area contributed by atoms with Crippen LogP contribution in [0.1, 0.15) is 31.7 Å². The second-order valence-electron chi connectivity index (χ2n) is 8.04. The number of ether oxygens (including phenoxy) is 2. The number of carbonyl (C=O) groups is 2. The summed E-state index contributed by atoms with van der Waals surface area (Å²) in [5.74, 6) is 0.0769. The highest BCUT2D eigenvalue weighted by atomic mass is 16.5. The van der Waals surface area contributed by atoms with Gasteiger partial charge >= 0.3 is 5.97 Å². The fourth-order valence-electron chi connectivity index (χ4n) is 5.63. The number of hydrogen-bond donors (Lipinski definition) is 1. The van der Waals surface area contributed by atoms with Crippen molar-refractivity contribution in [3.05, 3.63) is 41.7 Å². The van der Waals surface area contributed by atoms with E-state index in [1.807, 2.05) is 18.2 Å². The molecule has 1 aromatic rings. The molecule has 4 rings (SSSR count). The zero-order valence-corrected chi connectivity index (χ0v) is 16.7. The monoisotopic (exact) mass is 384 g/mol. The molecule has 0 aromatic heterocycles. The molecule has 4 atom stereocenters. The Labute approximate surface area is 165 Å². The van der Waals surface area contributed by atoms with Gasteiger partial charge in [-0.05, 0) is 42.9 Å². The molecule has 3 aliphatic rings. The molecule has 0 aliphatic carbocycles. The second kappa shape index (κ2) is 7.24. The summed E-state index contributed by atoms with van der Waals surface area (Å²) in [5, 5.41) is 3.10. The number of methoxy groups -OCH3 is 2. The Morgan fingerprint density at radius 1 is 1.36 bits per heavy atom. The lowest BCUT2D eigenvalue weighted by molar-refractivity contribution is -0.137. The first-order chi connectivity index (χ1) is 13.6. The maximum absolute atomic E-state index is 13.2. The van der Waals surface area contributed by atoms with Gasteiger partial charge in [0.25, 0.3) is 0 Å². The van der Waals surface area contributed by atoms with E-state index < -0.39 is 5.41 Å². The van der Waals surface area contributed by atoms with Crippen molar-refractivity contribution in [1.82, 2.24) is 4.90 Å². The summed E-state index contributed by atoms with van der Waals surface area (Å²) < 4.78 is 10.3. The Hall–Kier alpha value is -2.34. The number of esters is 1. The summed E-state index contributed by atoms with van der Waals surface area (Å²) in [5.41, 5.74) is 2.05. The van der Waals surface area contributed by atoms with Gasteiger partial charge in [-0.15, -0.1) is 0 Å². The van der Waals surface area contributed by atoms with Crippen LogP contribution in [-0.2, 0) is 24.5 Å². The van der Waals surface area contributed by atoms with Gasteiger partial charge in [0.1, 0.15) is 0 Å². The molecule has 3 aliphatic heterocycles. The van der Waals surface area contributed by atoms with Crippen LogP contribution < -0.4 is 5.32 Å². The topological polar surface area (TPSA) is 67.9 Å². The zero-order valence-electron chi connectivity index (χ0n) is 16.7. The molecule has 0 bridgehead atoms. The number of para-hydroxylation sites is 1. The molecule has 3 heterocycles. The van der Waals surface area contributed by atoms with Crippen molar-refractivity contribution in [1.29, 1.82) is 0 Å². The lowest BCUT2D eigenvalue weighted by Crippen LogP contribution is -2.53. The van der Waals surface area contributed by atoms with E-state index in [1.165, 1.54) is 13.4 Å². The number of nitrogens with zero attached hydrogens (tertiary/aromatic N) is 1. The van der Waals surface area contributed by atoms with Crippen LogP contribution in [0.2, 0.25) is 0 Å². The largest absolute Gasteiger partial charge is 0.504 e. The van der Waals surface area contributed by atoms with Gasteiger partial charge in [-0.2, -0.15) is 0 Å². The molecule has 28 heavy (non-hydrogen) atoms. The van der Waals surface area contributed by atoms with E-state index in [2.05, 4.69) is 23.2 Å². The number of nitrogens with one attached hydrogen (secondary N) is 1. The second-order valence-corrected chi connectivity index (χ2v) is 8.04. The fourth-order valence-corrected chi connectivity index (χ4v) is 5.63. The predicted octanol–water partition coefficient (Wildman–Crippen LogP) is 2.70. The quantitative estimate of drug-likeness (QED) is 0.491. The van der Waals surface area contributed by atoms with Crippen molar-refractivity contribution < 1.29 is 19.1 Å². The van der Waals surface area contributed by atoms with Gasteiger partial charge in [0.05, 0.1) is 31.5 Å². The van der Waals surface area contributed by atoms with E-state index >= 15 is 0 Å². The van der Waals surface area contributed by atoms with Crippen molar-refractivity contribution in [2.75, 3.05) is 32.6 Å². The molecule has 2 fully saturated rings. The summed E-state index contributed by atoms with van der Waals surface area (Å²) in [6.07, 6.45) is 4.04. The highest BCUT2D eigenvalue weighted by Gasteiger charge is 2.60. The number of carbonyl (C=O) groups excluding carboxylic acids is 2. The van der Waals surface area contributed by atoms with Gasteiger partial charge < -0.3 is 14.8 Å². The minimum absolute atomic E-state index is 0.00851. The average molecular weight is 384 g/mol. The first-order valence-corrected chi connectivity index (χ1v) is 10.0. The lowest BCUT2D eigenvalue weighted by Gasteiger charge is -2.45. The zero-order chi connectivity index (χ0) is 19.9. The molecule has 0 radical (unpaired) electrons. The van der Waals surface area contributed by atoms with E-state index in [0.717, 1.165) is 43.6 Å². The Balaban J connectivity index is 1.74. The molecule has 6 heteroatoms.